The maximum atomic E-state index is 4.39. The number of nitrogens with one attached hydrogen (secondary N) is 1. The van der Waals surface area contributed by atoms with Crippen LogP contribution in [0.4, 0.5) is 5.69 Å². The Hall–Kier alpha value is -1.33. The lowest BCUT2D eigenvalue weighted by molar-refractivity contribution is 0.285. The molecule has 0 saturated heterocycles. The van der Waals surface area contributed by atoms with Gasteiger partial charge in [-0.2, -0.15) is 16.4 Å². The van der Waals surface area contributed by atoms with Crippen LogP contribution in [0.2, 0.25) is 0 Å². The quantitative estimate of drug-likeness (QED) is 0.806. The summed E-state index contributed by atoms with van der Waals surface area (Å²) in [6.07, 6.45) is 3.98. The van der Waals surface area contributed by atoms with E-state index in [9.17, 15) is 0 Å². The first kappa shape index (κ1) is 14.1. The molecule has 4 nitrogen and oxygen atoms in total. The van der Waals surface area contributed by atoms with E-state index in [0.29, 0.717) is 0 Å². The average Bonchev–Trinajstić information content (AvgIpc) is 3.09. The highest BCUT2D eigenvalue weighted by Gasteiger charge is 2.02. The largest absolute Gasteiger partial charge is 0.378 e. The maximum absolute atomic E-state index is 4.39. The minimum Gasteiger partial charge on any atom is -0.378 e. The highest BCUT2D eigenvalue weighted by atomic mass is 32.1. The third-order valence-electron chi connectivity index (χ3n) is 3.25. The van der Waals surface area contributed by atoms with Gasteiger partial charge >= 0.3 is 0 Å². The zero-order valence-corrected chi connectivity index (χ0v) is 12.5. The molecule has 0 bridgehead atoms. The van der Waals surface area contributed by atoms with E-state index in [1.54, 1.807) is 11.3 Å². The number of anilines is 1. The van der Waals surface area contributed by atoms with Crippen molar-refractivity contribution >= 4 is 17.0 Å². The van der Waals surface area contributed by atoms with E-state index in [1.807, 2.05) is 10.9 Å². The summed E-state index contributed by atoms with van der Waals surface area (Å²) in [5.41, 5.74) is 2.41. The fourth-order valence-corrected chi connectivity index (χ4v) is 2.63. The number of hydrogen-bond donors (Lipinski definition) is 1. The van der Waals surface area contributed by atoms with Gasteiger partial charge < -0.3 is 10.2 Å². The Balaban J connectivity index is 1.78. The predicted octanol–water partition coefficient (Wildman–Crippen LogP) is 2.90. The number of hydrogen-bond acceptors (Lipinski definition) is 4. The zero-order chi connectivity index (χ0) is 13.5. The molecule has 1 N–H and O–H groups in total. The second-order valence-corrected chi connectivity index (χ2v) is 5.28. The van der Waals surface area contributed by atoms with Crippen LogP contribution in [0.15, 0.2) is 29.2 Å². The summed E-state index contributed by atoms with van der Waals surface area (Å²) in [4.78, 5) is 2.40. The van der Waals surface area contributed by atoms with E-state index in [-0.39, 0.29) is 0 Å². The second-order valence-electron chi connectivity index (χ2n) is 4.50. The van der Waals surface area contributed by atoms with Gasteiger partial charge in [0.1, 0.15) is 0 Å². The molecule has 2 heterocycles. The third kappa shape index (κ3) is 4.36. The van der Waals surface area contributed by atoms with Crippen LogP contribution in [0.25, 0.3) is 0 Å². The van der Waals surface area contributed by atoms with Crippen molar-refractivity contribution in [2.45, 2.75) is 26.9 Å². The standard InChI is InChI=1S/C14H22N4S/c1-3-17(4-2)6-7-18-11-14(10-16-18)15-9-13-5-8-19-12-13/h5,8,10-12,15H,3-4,6-7,9H2,1-2H3. The molecule has 0 fully saturated rings. The van der Waals surface area contributed by atoms with Crippen LogP contribution in [0.3, 0.4) is 0 Å². The summed E-state index contributed by atoms with van der Waals surface area (Å²) >= 11 is 1.73. The van der Waals surface area contributed by atoms with Crippen LogP contribution < -0.4 is 5.32 Å². The van der Waals surface area contributed by atoms with Crippen LogP contribution in [0.5, 0.6) is 0 Å². The molecule has 0 spiro atoms. The summed E-state index contributed by atoms with van der Waals surface area (Å²) in [6, 6.07) is 2.14. The predicted molar refractivity (Wildman–Crippen MR) is 81.7 cm³/mol. The Morgan fingerprint density at radius 1 is 1.37 bits per heavy atom. The van der Waals surface area contributed by atoms with E-state index in [1.165, 1.54) is 5.56 Å². The lowest BCUT2D eigenvalue weighted by Crippen LogP contribution is -2.27. The molecule has 0 atom stereocenters. The summed E-state index contributed by atoms with van der Waals surface area (Å²) in [7, 11) is 0. The van der Waals surface area contributed by atoms with Crippen molar-refractivity contribution in [3.05, 3.63) is 34.8 Å². The molecule has 0 amide bonds. The van der Waals surface area contributed by atoms with Gasteiger partial charge in [0.2, 0.25) is 0 Å². The highest BCUT2D eigenvalue weighted by molar-refractivity contribution is 7.07. The molecular weight excluding hydrogens is 256 g/mol. The highest BCUT2D eigenvalue weighted by Crippen LogP contribution is 2.10. The maximum Gasteiger partial charge on any atom is 0.0729 e. The number of aromatic nitrogens is 2. The van der Waals surface area contributed by atoms with Crippen molar-refractivity contribution in [3.63, 3.8) is 0 Å². The normalized spacial score (nSPS) is 11.1. The van der Waals surface area contributed by atoms with Crippen LogP contribution in [-0.4, -0.2) is 34.3 Å². The lowest BCUT2D eigenvalue weighted by Gasteiger charge is -2.17. The monoisotopic (exact) mass is 278 g/mol. The van der Waals surface area contributed by atoms with Gasteiger partial charge in [-0.05, 0) is 35.5 Å². The number of likely N-dealkylation sites (N-methyl/N-ethyl adjacent to an activating group) is 1. The first-order valence-electron chi connectivity index (χ1n) is 6.81. The van der Waals surface area contributed by atoms with Crippen molar-refractivity contribution < 1.29 is 0 Å². The molecule has 0 aliphatic rings. The van der Waals surface area contributed by atoms with Gasteiger partial charge in [-0.25, -0.2) is 0 Å². The average molecular weight is 278 g/mol. The van der Waals surface area contributed by atoms with Gasteiger partial charge in [-0.1, -0.05) is 13.8 Å². The minimum absolute atomic E-state index is 0.866. The van der Waals surface area contributed by atoms with E-state index >= 15 is 0 Å². The fourth-order valence-electron chi connectivity index (χ4n) is 1.96. The summed E-state index contributed by atoms with van der Waals surface area (Å²) < 4.78 is 2.01. The third-order valence-corrected chi connectivity index (χ3v) is 3.98. The number of rotatable bonds is 8. The molecule has 19 heavy (non-hydrogen) atoms. The van der Waals surface area contributed by atoms with E-state index in [4.69, 9.17) is 0 Å². The van der Waals surface area contributed by atoms with Crippen LogP contribution in [0.1, 0.15) is 19.4 Å². The molecule has 2 aromatic rings. The Kier molecular flexibility index (Phi) is 5.42. The molecule has 0 aliphatic heterocycles. The Morgan fingerprint density at radius 3 is 2.89 bits per heavy atom. The molecular formula is C14H22N4S. The molecule has 2 aromatic heterocycles. The van der Waals surface area contributed by atoms with Crippen molar-refractivity contribution in [1.29, 1.82) is 0 Å². The molecule has 0 saturated carbocycles. The topological polar surface area (TPSA) is 33.1 Å². The van der Waals surface area contributed by atoms with Crippen LogP contribution >= 0.6 is 11.3 Å². The molecule has 2 rings (SSSR count). The second kappa shape index (κ2) is 7.31. The number of nitrogens with zero attached hydrogens (tertiary/aromatic N) is 3. The molecule has 0 aliphatic carbocycles. The number of thiophene rings is 1. The van der Waals surface area contributed by atoms with E-state index in [2.05, 4.69) is 52.2 Å². The summed E-state index contributed by atoms with van der Waals surface area (Å²) in [6.45, 7) is 9.45. The van der Waals surface area contributed by atoms with Crippen LogP contribution in [-0.2, 0) is 13.1 Å². The summed E-state index contributed by atoms with van der Waals surface area (Å²) in [5.74, 6) is 0. The Morgan fingerprint density at radius 2 is 2.21 bits per heavy atom. The van der Waals surface area contributed by atoms with Gasteiger partial charge in [0.15, 0.2) is 0 Å². The zero-order valence-electron chi connectivity index (χ0n) is 11.7. The van der Waals surface area contributed by atoms with Crippen molar-refractivity contribution in [3.8, 4) is 0 Å². The van der Waals surface area contributed by atoms with Crippen molar-refractivity contribution in [1.82, 2.24) is 14.7 Å². The van der Waals surface area contributed by atoms with Gasteiger partial charge in [0.05, 0.1) is 18.4 Å². The summed E-state index contributed by atoms with van der Waals surface area (Å²) in [5, 5.41) is 12.0. The van der Waals surface area contributed by atoms with E-state index < -0.39 is 0 Å². The molecule has 0 aromatic carbocycles. The fraction of sp³-hybridized carbons (Fsp3) is 0.500. The molecule has 104 valence electrons. The Labute approximate surface area is 119 Å². The van der Waals surface area contributed by atoms with E-state index in [0.717, 1.165) is 38.4 Å². The van der Waals surface area contributed by atoms with Crippen molar-refractivity contribution in [2.24, 2.45) is 0 Å². The van der Waals surface area contributed by atoms with Gasteiger partial charge in [-0.3, -0.25) is 4.68 Å². The Bertz CT molecular complexity index is 460. The minimum atomic E-state index is 0.866. The SMILES string of the molecule is CCN(CC)CCn1cc(NCc2ccsc2)cn1. The molecule has 5 heteroatoms. The molecule has 0 unspecified atom stereocenters. The molecule has 0 radical (unpaired) electrons. The first-order valence-corrected chi connectivity index (χ1v) is 7.75. The lowest BCUT2D eigenvalue weighted by atomic mass is 10.3. The van der Waals surface area contributed by atoms with Gasteiger partial charge in [-0.15, -0.1) is 0 Å². The smallest absolute Gasteiger partial charge is 0.0729 e. The van der Waals surface area contributed by atoms with Gasteiger partial charge in [0.25, 0.3) is 0 Å². The van der Waals surface area contributed by atoms with Gasteiger partial charge in [0, 0.05) is 19.3 Å². The van der Waals surface area contributed by atoms with Crippen LogP contribution in [0, 0.1) is 0 Å². The van der Waals surface area contributed by atoms with Crippen molar-refractivity contribution in [2.75, 3.05) is 25.0 Å². The first-order chi connectivity index (χ1) is 9.31.